The van der Waals surface area contributed by atoms with Gasteiger partial charge in [-0.15, -0.1) is 12.4 Å². The average Bonchev–Trinajstić information content (AvgIpc) is 2.52. The molecule has 24 heavy (non-hydrogen) atoms. The summed E-state index contributed by atoms with van der Waals surface area (Å²) < 4.78 is 28.5. The fraction of sp³-hybridized carbons (Fsp3) is 0.647. The zero-order chi connectivity index (χ0) is 16.7. The van der Waals surface area contributed by atoms with E-state index >= 15 is 0 Å². The van der Waals surface area contributed by atoms with Crippen LogP contribution in [-0.2, 0) is 9.84 Å². The first-order valence-electron chi connectivity index (χ1n) is 8.27. The highest BCUT2D eigenvalue weighted by atomic mass is 35.5. The Morgan fingerprint density at radius 1 is 1.21 bits per heavy atom. The summed E-state index contributed by atoms with van der Waals surface area (Å²) in [4.78, 5) is 2.71. The van der Waals surface area contributed by atoms with E-state index in [0.717, 1.165) is 44.3 Å². The Kier molecular flexibility index (Phi) is 9.05. The van der Waals surface area contributed by atoms with Crippen LogP contribution in [0.15, 0.2) is 29.2 Å². The molecule has 1 fully saturated rings. The molecule has 5 nitrogen and oxygen atoms in total. The smallest absolute Gasteiger partial charge is 0.175 e. The lowest BCUT2D eigenvalue weighted by atomic mass is 9.98. The molecule has 1 aliphatic heterocycles. The van der Waals surface area contributed by atoms with Crippen molar-refractivity contribution in [3.05, 3.63) is 24.3 Å². The number of nitrogens with zero attached hydrogens (tertiary/aromatic N) is 1. The molecule has 0 saturated carbocycles. The minimum absolute atomic E-state index is 0. The van der Waals surface area contributed by atoms with Crippen molar-refractivity contribution in [2.75, 3.05) is 46.1 Å². The monoisotopic (exact) mass is 376 g/mol. The predicted octanol–water partition coefficient (Wildman–Crippen LogP) is 2.21. The highest BCUT2D eigenvalue weighted by molar-refractivity contribution is 7.90. The fourth-order valence-electron chi connectivity index (χ4n) is 2.90. The summed E-state index contributed by atoms with van der Waals surface area (Å²) in [5, 5.41) is 3.40. The summed E-state index contributed by atoms with van der Waals surface area (Å²) in [5.41, 5.74) is 0. The van der Waals surface area contributed by atoms with Crippen LogP contribution in [0.1, 0.15) is 19.3 Å². The molecule has 0 aliphatic carbocycles. The largest absolute Gasteiger partial charge is 0.494 e. The molecule has 0 atom stereocenters. The second kappa shape index (κ2) is 10.2. The van der Waals surface area contributed by atoms with E-state index in [1.54, 1.807) is 24.3 Å². The molecule has 1 N–H and O–H groups in total. The van der Waals surface area contributed by atoms with Gasteiger partial charge in [0.25, 0.3) is 0 Å². The summed E-state index contributed by atoms with van der Waals surface area (Å²) >= 11 is 0. The molecule has 1 aromatic rings. The van der Waals surface area contributed by atoms with Crippen molar-refractivity contribution in [3.63, 3.8) is 0 Å². The molecule has 0 radical (unpaired) electrons. The van der Waals surface area contributed by atoms with Gasteiger partial charge in [0, 0.05) is 19.3 Å². The molecular formula is C17H29ClN2O3S. The van der Waals surface area contributed by atoms with E-state index in [-0.39, 0.29) is 12.4 Å². The maximum atomic E-state index is 11.4. The Morgan fingerprint density at radius 3 is 2.42 bits per heavy atom. The molecule has 1 aliphatic rings. The van der Waals surface area contributed by atoms with Crippen molar-refractivity contribution in [1.29, 1.82) is 0 Å². The summed E-state index contributed by atoms with van der Waals surface area (Å²) in [7, 11) is -0.967. The van der Waals surface area contributed by atoms with Crippen LogP contribution in [0.5, 0.6) is 5.75 Å². The van der Waals surface area contributed by atoms with E-state index in [2.05, 4.69) is 17.3 Å². The third kappa shape index (κ3) is 7.38. The topological polar surface area (TPSA) is 58.6 Å². The van der Waals surface area contributed by atoms with Gasteiger partial charge in [0.1, 0.15) is 5.75 Å². The van der Waals surface area contributed by atoms with Gasteiger partial charge in [-0.1, -0.05) is 0 Å². The first-order valence-corrected chi connectivity index (χ1v) is 10.2. The van der Waals surface area contributed by atoms with Gasteiger partial charge in [-0.25, -0.2) is 8.42 Å². The molecule has 0 spiro atoms. The summed E-state index contributed by atoms with van der Waals surface area (Å²) in [6.45, 7) is 5.11. The van der Waals surface area contributed by atoms with Gasteiger partial charge in [0.15, 0.2) is 9.84 Å². The Balaban J connectivity index is 0.00000288. The Labute approximate surface area is 152 Å². The van der Waals surface area contributed by atoms with Crippen LogP contribution in [-0.4, -0.2) is 59.4 Å². The lowest BCUT2D eigenvalue weighted by Crippen LogP contribution is -2.35. The Hall–Kier alpha value is -0.820. The molecule has 0 amide bonds. The number of halogens is 1. The van der Waals surface area contributed by atoms with E-state index in [9.17, 15) is 8.42 Å². The number of benzene rings is 1. The lowest BCUT2D eigenvalue weighted by molar-refractivity contribution is 0.218. The highest BCUT2D eigenvalue weighted by Crippen LogP contribution is 2.16. The third-order valence-corrected chi connectivity index (χ3v) is 5.36. The van der Waals surface area contributed by atoms with Crippen LogP contribution in [0.2, 0.25) is 0 Å². The van der Waals surface area contributed by atoms with E-state index in [1.165, 1.54) is 19.1 Å². The van der Waals surface area contributed by atoms with Gasteiger partial charge in [0.05, 0.1) is 11.5 Å². The molecule has 1 aromatic carbocycles. The van der Waals surface area contributed by atoms with Gasteiger partial charge in [0.2, 0.25) is 0 Å². The quantitative estimate of drug-likeness (QED) is 0.705. The van der Waals surface area contributed by atoms with Gasteiger partial charge < -0.3 is 15.0 Å². The Bertz CT molecular complexity index is 572. The van der Waals surface area contributed by atoms with Crippen molar-refractivity contribution in [2.45, 2.75) is 24.2 Å². The average molecular weight is 377 g/mol. The van der Waals surface area contributed by atoms with Crippen LogP contribution in [0.25, 0.3) is 0 Å². The number of piperidine rings is 1. The van der Waals surface area contributed by atoms with Crippen LogP contribution in [0, 0.1) is 5.92 Å². The van der Waals surface area contributed by atoms with Crippen LogP contribution < -0.4 is 10.1 Å². The SMILES string of the molecule is CN(CCCOc1ccc(S(C)(=O)=O)cc1)CC1CCNCC1.Cl. The van der Waals surface area contributed by atoms with Crippen molar-refractivity contribution in [2.24, 2.45) is 5.92 Å². The number of ether oxygens (including phenoxy) is 1. The Morgan fingerprint density at radius 2 is 1.83 bits per heavy atom. The highest BCUT2D eigenvalue weighted by Gasteiger charge is 2.14. The minimum Gasteiger partial charge on any atom is -0.494 e. The second-order valence-corrected chi connectivity index (χ2v) is 8.42. The second-order valence-electron chi connectivity index (χ2n) is 6.40. The third-order valence-electron chi connectivity index (χ3n) is 4.23. The van der Waals surface area contributed by atoms with E-state index < -0.39 is 9.84 Å². The molecule has 0 bridgehead atoms. The number of hydrogen-bond acceptors (Lipinski definition) is 5. The number of rotatable bonds is 8. The van der Waals surface area contributed by atoms with Crippen molar-refractivity contribution >= 4 is 22.2 Å². The summed E-state index contributed by atoms with van der Waals surface area (Å²) in [6.07, 6.45) is 4.72. The van der Waals surface area contributed by atoms with E-state index in [0.29, 0.717) is 11.5 Å². The van der Waals surface area contributed by atoms with Crippen LogP contribution in [0.4, 0.5) is 0 Å². The minimum atomic E-state index is -3.14. The van der Waals surface area contributed by atoms with Gasteiger partial charge in [-0.3, -0.25) is 0 Å². The molecule has 0 unspecified atom stereocenters. The zero-order valence-corrected chi connectivity index (χ0v) is 16.2. The maximum absolute atomic E-state index is 11.4. The van der Waals surface area contributed by atoms with E-state index in [4.69, 9.17) is 4.74 Å². The number of hydrogen-bond donors (Lipinski definition) is 1. The van der Waals surface area contributed by atoms with Crippen molar-refractivity contribution in [1.82, 2.24) is 10.2 Å². The van der Waals surface area contributed by atoms with Crippen molar-refractivity contribution in [3.8, 4) is 5.75 Å². The fourth-order valence-corrected chi connectivity index (χ4v) is 3.53. The number of sulfone groups is 1. The first kappa shape index (κ1) is 21.2. The molecule has 1 heterocycles. The molecule has 0 aromatic heterocycles. The number of nitrogens with one attached hydrogen (secondary N) is 1. The molecule has 7 heteroatoms. The van der Waals surface area contributed by atoms with Gasteiger partial charge >= 0.3 is 0 Å². The lowest BCUT2D eigenvalue weighted by Gasteiger charge is -2.27. The molecular weight excluding hydrogens is 348 g/mol. The first-order chi connectivity index (χ1) is 10.9. The van der Waals surface area contributed by atoms with Gasteiger partial charge in [-0.05, 0) is 69.6 Å². The van der Waals surface area contributed by atoms with Gasteiger partial charge in [-0.2, -0.15) is 0 Å². The van der Waals surface area contributed by atoms with Crippen molar-refractivity contribution < 1.29 is 13.2 Å². The van der Waals surface area contributed by atoms with Crippen LogP contribution >= 0.6 is 12.4 Å². The molecule has 2 rings (SSSR count). The van der Waals surface area contributed by atoms with E-state index in [1.807, 2.05) is 0 Å². The zero-order valence-electron chi connectivity index (χ0n) is 14.5. The predicted molar refractivity (Wildman–Crippen MR) is 100 cm³/mol. The normalized spacial score (nSPS) is 16.0. The molecule has 138 valence electrons. The summed E-state index contributed by atoms with van der Waals surface area (Å²) in [6, 6.07) is 6.62. The molecule has 1 saturated heterocycles. The summed E-state index contributed by atoms with van der Waals surface area (Å²) in [5.74, 6) is 1.53. The maximum Gasteiger partial charge on any atom is 0.175 e. The van der Waals surface area contributed by atoms with Crippen LogP contribution in [0.3, 0.4) is 0 Å². The standard InChI is InChI=1S/C17H28N2O3S.ClH/c1-19(14-15-8-10-18-11-9-15)12-3-13-22-16-4-6-17(7-5-16)23(2,20)21;/h4-7,15,18H,3,8-14H2,1-2H3;1H.